The predicted molar refractivity (Wildman–Crippen MR) is 139 cm³/mol. The Labute approximate surface area is 209 Å². The third-order valence-corrected chi connectivity index (χ3v) is 8.65. The number of thiophene rings is 1. The van der Waals surface area contributed by atoms with E-state index >= 15 is 0 Å². The molecule has 1 unspecified atom stereocenters. The van der Waals surface area contributed by atoms with Gasteiger partial charge in [0.1, 0.15) is 11.1 Å². The number of amides is 1. The Morgan fingerprint density at radius 1 is 1.29 bits per heavy atom. The number of rotatable bonds is 8. The molecule has 3 aromatic rings. The van der Waals surface area contributed by atoms with Gasteiger partial charge in [-0.1, -0.05) is 63.2 Å². The molecule has 2 heterocycles. The first-order chi connectivity index (χ1) is 16.4. The summed E-state index contributed by atoms with van der Waals surface area (Å²) in [7, 11) is 0. The number of aromatic nitrogens is 3. The first kappa shape index (κ1) is 24.5. The minimum atomic E-state index is -0.124. The van der Waals surface area contributed by atoms with Crippen LogP contribution in [0.2, 0.25) is 0 Å². The highest BCUT2D eigenvalue weighted by Crippen LogP contribution is 2.40. The summed E-state index contributed by atoms with van der Waals surface area (Å²) in [6, 6.07) is 10.8. The second-order valence-corrected chi connectivity index (χ2v) is 11.0. The van der Waals surface area contributed by atoms with E-state index in [1.165, 1.54) is 22.2 Å². The van der Waals surface area contributed by atoms with E-state index in [0.29, 0.717) is 28.9 Å². The fraction of sp³-hybridized carbons (Fsp3) is 0.462. The van der Waals surface area contributed by atoms with Crippen LogP contribution in [-0.4, -0.2) is 26.4 Å². The van der Waals surface area contributed by atoms with Gasteiger partial charge in [0.2, 0.25) is 5.91 Å². The normalized spacial score (nSPS) is 15.2. The molecule has 8 heteroatoms. The molecule has 1 aliphatic rings. The van der Waals surface area contributed by atoms with Crippen molar-refractivity contribution in [1.29, 1.82) is 5.26 Å². The number of hydrogen-bond acceptors (Lipinski definition) is 6. The molecule has 0 saturated carbocycles. The monoisotopic (exact) mass is 493 g/mol. The lowest BCUT2D eigenvalue weighted by molar-refractivity contribution is -0.113. The van der Waals surface area contributed by atoms with Crippen LogP contribution in [0.15, 0.2) is 29.4 Å². The van der Waals surface area contributed by atoms with Crippen LogP contribution in [0.25, 0.3) is 11.4 Å². The molecule has 178 valence electrons. The first-order valence-electron chi connectivity index (χ1n) is 12.0. The molecule has 1 aliphatic carbocycles. The molecule has 2 aromatic heterocycles. The van der Waals surface area contributed by atoms with Crippen LogP contribution in [0.3, 0.4) is 0 Å². The number of carbonyl (C=O) groups excluding carboxylic acids is 1. The zero-order valence-corrected chi connectivity index (χ0v) is 21.9. The summed E-state index contributed by atoms with van der Waals surface area (Å²) in [4.78, 5) is 14.0. The van der Waals surface area contributed by atoms with E-state index in [2.05, 4.69) is 73.5 Å². The van der Waals surface area contributed by atoms with Crippen LogP contribution in [0.1, 0.15) is 68.0 Å². The molecule has 0 aliphatic heterocycles. The maximum atomic E-state index is 12.8. The summed E-state index contributed by atoms with van der Waals surface area (Å²) >= 11 is 2.94. The van der Waals surface area contributed by atoms with Crippen molar-refractivity contribution >= 4 is 34.0 Å². The first-order valence-corrected chi connectivity index (χ1v) is 13.8. The van der Waals surface area contributed by atoms with Gasteiger partial charge in [0.15, 0.2) is 11.0 Å². The van der Waals surface area contributed by atoms with Gasteiger partial charge >= 0.3 is 0 Å². The quantitative estimate of drug-likeness (QED) is 0.374. The van der Waals surface area contributed by atoms with Crippen LogP contribution >= 0.6 is 23.1 Å². The molecule has 4 rings (SSSR count). The fourth-order valence-corrected chi connectivity index (χ4v) is 6.54. The standard InChI is InChI=1S/C26H31N5OS2/c1-5-17-7-12-20-21(14-27)25(34-22(20)13-17)28-23(32)15-33-26-30-29-24(31(26)6-2)19-10-8-18(9-11-19)16(3)4/h8-11,16-17H,5-7,12-13,15H2,1-4H3,(H,28,32). The molecule has 0 spiro atoms. The Balaban J connectivity index is 1.44. The number of benzene rings is 1. The number of anilines is 1. The van der Waals surface area contributed by atoms with E-state index in [4.69, 9.17) is 0 Å². The van der Waals surface area contributed by atoms with Gasteiger partial charge in [-0.25, -0.2) is 0 Å². The lowest BCUT2D eigenvalue weighted by atomic mass is 9.86. The summed E-state index contributed by atoms with van der Waals surface area (Å²) in [6.45, 7) is 9.34. The largest absolute Gasteiger partial charge is 0.316 e. The SMILES string of the molecule is CCC1CCc2c(sc(NC(=O)CSc3nnc(-c4ccc(C(C)C)cc4)n3CC)c2C#N)C1. The number of nitrogens with one attached hydrogen (secondary N) is 1. The lowest BCUT2D eigenvalue weighted by Crippen LogP contribution is -2.15. The molecule has 1 N–H and O–H groups in total. The van der Waals surface area contributed by atoms with E-state index in [9.17, 15) is 10.1 Å². The molecular formula is C26H31N5OS2. The minimum Gasteiger partial charge on any atom is -0.316 e. The van der Waals surface area contributed by atoms with Gasteiger partial charge in [0.05, 0.1) is 11.3 Å². The highest BCUT2D eigenvalue weighted by atomic mass is 32.2. The van der Waals surface area contributed by atoms with Crippen molar-refractivity contribution < 1.29 is 4.79 Å². The zero-order valence-electron chi connectivity index (χ0n) is 20.2. The van der Waals surface area contributed by atoms with Gasteiger partial charge in [0, 0.05) is 17.0 Å². The van der Waals surface area contributed by atoms with Gasteiger partial charge in [-0.3, -0.25) is 4.79 Å². The number of hydrogen-bond donors (Lipinski definition) is 1. The van der Waals surface area contributed by atoms with Gasteiger partial charge in [0.25, 0.3) is 0 Å². The summed E-state index contributed by atoms with van der Waals surface area (Å²) < 4.78 is 2.04. The second kappa shape index (κ2) is 10.7. The van der Waals surface area contributed by atoms with Crippen molar-refractivity contribution in [3.05, 3.63) is 45.8 Å². The van der Waals surface area contributed by atoms with Crippen molar-refractivity contribution in [2.24, 2.45) is 5.92 Å². The molecule has 1 atom stereocenters. The predicted octanol–water partition coefficient (Wildman–Crippen LogP) is 6.27. The Bertz CT molecular complexity index is 1200. The van der Waals surface area contributed by atoms with E-state index in [1.54, 1.807) is 11.3 Å². The molecule has 0 fully saturated rings. The molecule has 34 heavy (non-hydrogen) atoms. The Kier molecular flexibility index (Phi) is 7.74. The lowest BCUT2D eigenvalue weighted by Gasteiger charge is -2.20. The Hall–Kier alpha value is -2.63. The molecule has 0 saturated heterocycles. The third-order valence-electron chi connectivity index (χ3n) is 6.51. The number of nitriles is 1. The number of thioether (sulfide) groups is 1. The molecule has 1 aromatic carbocycles. The summed E-state index contributed by atoms with van der Waals surface area (Å²) in [5, 5.41) is 22.9. The van der Waals surface area contributed by atoms with Crippen LogP contribution in [-0.2, 0) is 24.2 Å². The van der Waals surface area contributed by atoms with Crippen LogP contribution in [0, 0.1) is 17.2 Å². The zero-order chi connectivity index (χ0) is 24.2. The van der Waals surface area contributed by atoms with Crippen LogP contribution < -0.4 is 5.32 Å². The maximum absolute atomic E-state index is 12.8. The average molecular weight is 494 g/mol. The average Bonchev–Trinajstić information content (AvgIpc) is 3.42. The van der Waals surface area contributed by atoms with E-state index < -0.39 is 0 Å². The van der Waals surface area contributed by atoms with Crippen LogP contribution in [0.5, 0.6) is 0 Å². The van der Waals surface area contributed by atoms with Gasteiger partial charge in [-0.05, 0) is 49.1 Å². The molecule has 1 amide bonds. The van der Waals surface area contributed by atoms with Gasteiger partial charge in [-0.2, -0.15) is 5.26 Å². The smallest absolute Gasteiger partial charge is 0.235 e. The Morgan fingerprint density at radius 2 is 2.06 bits per heavy atom. The van der Waals surface area contributed by atoms with Crippen molar-refractivity contribution in [3.8, 4) is 17.5 Å². The Morgan fingerprint density at radius 3 is 2.71 bits per heavy atom. The highest BCUT2D eigenvalue weighted by Gasteiger charge is 2.26. The van der Waals surface area contributed by atoms with Gasteiger partial charge < -0.3 is 9.88 Å². The van der Waals surface area contributed by atoms with E-state index in [-0.39, 0.29) is 11.7 Å². The molecular weight excluding hydrogens is 462 g/mol. The summed E-state index contributed by atoms with van der Waals surface area (Å²) in [6.07, 6.45) is 4.21. The van der Waals surface area contributed by atoms with E-state index in [0.717, 1.165) is 47.8 Å². The van der Waals surface area contributed by atoms with E-state index in [1.807, 2.05) is 4.57 Å². The van der Waals surface area contributed by atoms with Crippen molar-refractivity contribution in [3.63, 3.8) is 0 Å². The summed E-state index contributed by atoms with van der Waals surface area (Å²) in [5.74, 6) is 2.05. The van der Waals surface area contributed by atoms with Crippen molar-refractivity contribution in [2.45, 2.75) is 71.0 Å². The maximum Gasteiger partial charge on any atom is 0.235 e. The topological polar surface area (TPSA) is 83.6 Å². The number of fused-ring (bicyclic) bond motifs is 1. The van der Waals surface area contributed by atoms with Crippen molar-refractivity contribution in [1.82, 2.24) is 14.8 Å². The number of carbonyl (C=O) groups is 1. The number of nitrogens with zero attached hydrogens (tertiary/aromatic N) is 4. The van der Waals surface area contributed by atoms with Gasteiger partial charge in [-0.15, -0.1) is 21.5 Å². The van der Waals surface area contributed by atoms with Crippen molar-refractivity contribution in [2.75, 3.05) is 11.1 Å². The fourth-order valence-electron chi connectivity index (χ4n) is 4.41. The molecule has 0 bridgehead atoms. The highest BCUT2D eigenvalue weighted by molar-refractivity contribution is 7.99. The molecule has 6 nitrogen and oxygen atoms in total. The van der Waals surface area contributed by atoms with Crippen LogP contribution in [0.4, 0.5) is 5.00 Å². The third kappa shape index (κ3) is 5.06. The minimum absolute atomic E-state index is 0.124. The second-order valence-electron chi connectivity index (χ2n) is 9.00. The molecule has 0 radical (unpaired) electrons. The summed E-state index contributed by atoms with van der Waals surface area (Å²) in [5.41, 5.74) is 4.09.